The molecule has 96 valence electrons. The number of benzene rings is 1. The maximum atomic E-state index is 9.92. The van der Waals surface area contributed by atoms with Crippen molar-refractivity contribution >= 4 is 21.6 Å². The van der Waals surface area contributed by atoms with E-state index in [1.807, 2.05) is 32.0 Å². The van der Waals surface area contributed by atoms with Gasteiger partial charge in [0.1, 0.15) is 0 Å². The first-order chi connectivity index (χ1) is 7.87. The summed E-state index contributed by atoms with van der Waals surface area (Å²) >= 11 is 3.45. The van der Waals surface area contributed by atoms with E-state index in [0.717, 1.165) is 22.3 Å². The molecule has 0 aromatic heterocycles. The lowest BCUT2D eigenvalue weighted by Gasteiger charge is -2.31. The van der Waals surface area contributed by atoms with E-state index in [1.54, 1.807) is 0 Å². The summed E-state index contributed by atoms with van der Waals surface area (Å²) in [6, 6.07) is 6.07. The number of halogens is 1. The molecule has 0 unspecified atom stereocenters. The lowest BCUT2D eigenvalue weighted by Crippen LogP contribution is -2.39. The summed E-state index contributed by atoms with van der Waals surface area (Å²) in [5, 5.41) is 9.92. The van der Waals surface area contributed by atoms with Crippen molar-refractivity contribution in [2.75, 3.05) is 18.0 Å². The van der Waals surface area contributed by atoms with E-state index < -0.39 is 5.60 Å². The number of hydrogen-bond acceptors (Lipinski definition) is 3. The molecule has 1 rings (SSSR count). The zero-order valence-electron chi connectivity index (χ0n) is 10.7. The van der Waals surface area contributed by atoms with E-state index in [0.29, 0.717) is 13.1 Å². The number of nitrogens with two attached hydrogens (primary N) is 1. The molecule has 0 saturated carbocycles. The number of anilines is 1. The number of hydrogen-bond donors (Lipinski definition) is 2. The highest BCUT2D eigenvalue weighted by atomic mass is 79.9. The Morgan fingerprint density at radius 2 is 2.06 bits per heavy atom. The van der Waals surface area contributed by atoms with Gasteiger partial charge < -0.3 is 15.7 Å². The normalized spacial score (nSPS) is 11.6. The van der Waals surface area contributed by atoms with Gasteiger partial charge in [-0.3, -0.25) is 0 Å². The van der Waals surface area contributed by atoms with Gasteiger partial charge in [0, 0.05) is 29.8 Å². The van der Waals surface area contributed by atoms with Gasteiger partial charge in [-0.15, -0.1) is 0 Å². The van der Waals surface area contributed by atoms with Crippen LogP contribution in [0, 0.1) is 0 Å². The van der Waals surface area contributed by atoms with Gasteiger partial charge in [0.25, 0.3) is 0 Å². The first-order valence-corrected chi connectivity index (χ1v) is 6.62. The average molecular weight is 301 g/mol. The third-order valence-corrected chi connectivity index (χ3v) is 3.05. The Hall–Kier alpha value is -0.580. The van der Waals surface area contributed by atoms with Crippen LogP contribution in [-0.2, 0) is 6.54 Å². The highest BCUT2D eigenvalue weighted by Crippen LogP contribution is 2.25. The quantitative estimate of drug-likeness (QED) is 0.878. The van der Waals surface area contributed by atoms with Crippen LogP contribution in [0.15, 0.2) is 22.7 Å². The summed E-state index contributed by atoms with van der Waals surface area (Å²) in [5.41, 5.74) is 7.24. The van der Waals surface area contributed by atoms with E-state index >= 15 is 0 Å². The average Bonchev–Trinajstić information content (AvgIpc) is 2.24. The van der Waals surface area contributed by atoms with Crippen molar-refractivity contribution in [2.24, 2.45) is 5.73 Å². The molecule has 0 aliphatic carbocycles. The Balaban J connectivity index is 3.03. The van der Waals surface area contributed by atoms with E-state index in [9.17, 15) is 5.11 Å². The largest absolute Gasteiger partial charge is 0.389 e. The van der Waals surface area contributed by atoms with Gasteiger partial charge >= 0.3 is 0 Å². The summed E-state index contributed by atoms with van der Waals surface area (Å²) in [6.07, 6.45) is 0. The first-order valence-electron chi connectivity index (χ1n) is 5.83. The zero-order valence-corrected chi connectivity index (χ0v) is 12.3. The molecule has 0 saturated heterocycles. The second-order valence-electron chi connectivity index (χ2n) is 4.80. The van der Waals surface area contributed by atoms with Crippen LogP contribution in [0.5, 0.6) is 0 Å². The standard InChI is InChI=1S/C13H21BrN2O/c1-4-16(9-13(2,3)17)12-6-5-11(14)7-10(12)8-15/h5-7,17H,4,8-9,15H2,1-3H3. The van der Waals surface area contributed by atoms with Gasteiger partial charge in [-0.25, -0.2) is 0 Å². The van der Waals surface area contributed by atoms with Crippen LogP contribution < -0.4 is 10.6 Å². The maximum absolute atomic E-state index is 9.92. The van der Waals surface area contributed by atoms with E-state index in [4.69, 9.17) is 5.73 Å². The minimum absolute atomic E-state index is 0.497. The van der Waals surface area contributed by atoms with Crippen molar-refractivity contribution in [1.82, 2.24) is 0 Å². The minimum atomic E-state index is -0.713. The van der Waals surface area contributed by atoms with Crippen LogP contribution in [0.25, 0.3) is 0 Å². The van der Waals surface area contributed by atoms with E-state index in [-0.39, 0.29) is 0 Å². The molecule has 0 spiro atoms. The van der Waals surface area contributed by atoms with Crippen molar-refractivity contribution in [2.45, 2.75) is 32.9 Å². The van der Waals surface area contributed by atoms with Gasteiger partial charge in [-0.1, -0.05) is 15.9 Å². The number of likely N-dealkylation sites (N-methyl/N-ethyl adjacent to an activating group) is 1. The van der Waals surface area contributed by atoms with E-state index in [2.05, 4.69) is 27.8 Å². The second-order valence-corrected chi connectivity index (χ2v) is 5.72. The molecule has 0 fully saturated rings. The molecule has 1 aromatic carbocycles. The van der Waals surface area contributed by atoms with Crippen LogP contribution in [0.3, 0.4) is 0 Å². The molecule has 1 aromatic rings. The van der Waals surface area contributed by atoms with Crippen molar-refractivity contribution in [3.05, 3.63) is 28.2 Å². The summed E-state index contributed by atoms with van der Waals surface area (Å²) in [6.45, 7) is 7.65. The fraction of sp³-hybridized carbons (Fsp3) is 0.538. The molecule has 4 heteroatoms. The van der Waals surface area contributed by atoms with Gasteiger partial charge in [0.2, 0.25) is 0 Å². The first kappa shape index (κ1) is 14.5. The summed E-state index contributed by atoms with van der Waals surface area (Å²) in [5.74, 6) is 0. The minimum Gasteiger partial charge on any atom is -0.389 e. The molecule has 0 heterocycles. The molecule has 0 radical (unpaired) electrons. The molecule has 3 nitrogen and oxygen atoms in total. The Morgan fingerprint density at radius 1 is 1.41 bits per heavy atom. The summed E-state index contributed by atoms with van der Waals surface area (Å²) < 4.78 is 1.03. The number of rotatable bonds is 5. The SMILES string of the molecule is CCN(CC(C)(C)O)c1ccc(Br)cc1CN. The van der Waals surface area contributed by atoms with Crippen molar-refractivity contribution < 1.29 is 5.11 Å². The molecule has 0 atom stereocenters. The maximum Gasteiger partial charge on any atom is 0.0765 e. The fourth-order valence-electron chi connectivity index (χ4n) is 1.86. The molecule has 0 aliphatic heterocycles. The highest BCUT2D eigenvalue weighted by molar-refractivity contribution is 9.10. The van der Waals surface area contributed by atoms with Gasteiger partial charge in [0.15, 0.2) is 0 Å². The molecule has 0 amide bonds. The topological polar surface area (TPSA) is 49.5 Å². The van der Waals surface area contributed by atoms with Crippen LogP contribution in [0.2, 0.25) is 0 Å². The van der Waals surface area contributed by atoms with Crippen LogP contribution in [-0.4, -0.2) is 23.8 Å². The Kier molecular flexibility index (Phi) is 4.98. The molecular formula is C13H21BrN2O. The van der Waals surface area contributed by atoms with Gasteiger partial charge in [-0.2, -0.15) is 0 Å². The number of aliphatic hydroxyl groups is 1. The van der Waals surface area contributed by atoms with Crippen molar-refractivity contribution in [3.8, 4) is 0 Å². The molecular weight excluding hydrogens is 280 g/mol. The molecule has 17 heavy (non-hydrogen) atoms. The Bertz CT molecular complexity index is 374. The lowest BCUT2D eigenvalue weighted by molar-refractivity contribution is 0.0875. The number of nitrogens with zero attached hydrogens (tertiary/aromatic N) is 1. The van der Waals surface area contributed by atoms with Crippen molar-refractivity contribution in [1.29, 1.82) is 0 Å². The van der Waals surface area contributed by atoms with Crippen molar-refractivity contribution in [3.63, 3.8) is 0 Å². The molecule has 0 aliphatic rings. The van der Waals surface area contributed by atoms with Crippen LogP contribution >= 0.6 is 15.9 Å². The third-order valence-electron chi connectivity index (χ3n) is 2.56. The predicted octanol–water partition coefficient (Wildman–Crippen LogP) is 2.50. The van der Waals surface area contributed by atoms with Crippen LogP contribution in [0.4, 0.5) is 5.69 Å². The zero-order chi connectivity index (χ0) is 13.1. The Labute approximate surface area is 112 Å². The van der Waals surface area contributed by atoms with Gasteiger partial charge in [-0.05, 0) is 44.5 Å². The summed E-state index contributed by atoms with van der Waals surface area (Å²) in [7, 11) is 0. The summed E-state index contributed by atoms with van der Waals surface area (Å²) in [4.78, 5) is 2.15. The predicted molar refractivity (Wildman–Crippen MR) is 76.2 cm³/mol. The second kappa shape index (κ2) is 5.85. The monoisotopic (exact) mass is 300 g/mol. The third kappa shape index (κ3) is 4.30. The lowest BCUT2D eigenvalue weighted by atomic mass is 10.1. The fourth-order valence-corrected chi connectivity index (χ4v) is 2.27. The van der Waals surface area contributed by atoms with Crippen LogP contribution in [0.1, 0.15) is 26.3 Å². The smallest absolute Gasteiger partial charge is 0.0765 e. The van der Waals surface area contributed by atoms with Gasteiger partial charge in [0.05, 0.1) is 5.60 Å². The molecule has 3 N–H and O–H groups in total. The van der Waals surface area contributed by atoms with E-state index in [1.165, 1.54) is 0 Å². The highest BCUT2D eigenvalue weighted by Gasteiger charge is 2.19. The Morgan fingerprint density at radius 3 is 2.53 bits per heavy atom. The molecule has 0 bridgehead atoms.